The lowest BCUT2D eigenvalue weighted by atomic mass is 9.95. The Kier molecular flexibility index (Phi) is 9.47. The van der Waals surface area contributed by atoms with Gasteiger partial charge < -0.3 is 16.4 Å². The van der Waals surface area contributed by atoms with E-state index in [2.05, 4.69) is 15.0 Å². The Morgan fingerprint density at radius 3 is 1.98 bits per heavy atom. The summed E-state index contributed by atoms with van der Waals surface area (Å²) in [7, 11) is 0. The zero-order chi connectivity index (χ0) is 28.9. The summed E-state index contributed by atoms with van der Waals surface area (Å²) in [5.74, 6) is -1.25. The van der Waals surface area contributed by atoms with Gasteiger partial charge in [0.15, 0.2) is 5.69 Å². The van der Waals surface area contributed by atoms with Gasteiger partial charge in [0.2, 0.25) is 5.91 Å². The summed E-state index contributed by atoms with van der Waals surface area (Å²) < 4.78 is 4.28. The maximum absolute atomic E-state index is 14.3. The molecule has 0 radical (unpaired) electrons. The minimum atomic E-state index is -1.04. The third-order valence-corrected chi connectivity index (χ3v) is 9.15. The first-order valence-corrected chi connectivity index (χ1v) is 15.6. The summed E-state index contributed by atoms with van der Waals surface area (Å²) in [6, 6.07) is 12.6. The zero-order valence-electron chi connectivity index (χ0n) is 22.6. The lowest BCUT2D eigenvalue weighted by Gasteiger charge is -2.32. The van der Waals surface area contributed by atoms with E-state index in [1.54, 1.807) is 48.5 Å². The van der Waals surface area contributed by atoms with Crippen molar-refractivity contribution in [2.24, 2.45) is 0 Å². The zero-order valence-corrected chi connectivity index (χ0v) is 24.9. The van der Waals surface area contributed by atoms with Crippen molar-refractivity contribution >= 4 is 63.8 Å². The fourth-order valence-corrected chi connectivity index (χ4v) is 6.61. The lowest BCUT2D eigenvalue weighted by molar-refractivity contribution is -0.123. The van der Waals surface area contributed by atoms with E-state index in [-0.39, 0.29) is 34.2 Å². The summed E-state index contributed by atoms with van der Waals surface area (Å²) in [5.41, 5.74) is 7.46. The van der Waals surface area contributed by atoms with E-state index in [0.717, 1.165) is 69.3 Å². The normalized spacial score (nSPS) is 16.7. The van der Waals surface area contributed by atoms with Crippen molar-refractivity contribution in [2.45, 2.75) is 75.9 Å². The number of benzene rings is 2. The topological polar surface area (TPSA) is 117 Å². The Balaban J connectivity index is 1.52. The average molecular weight is 615 g/mol. The van der Waals surface area contributed by atoms with Gasteiger partial charge in [-0.3, -0.25) is 19.3 Å². The molecule has 8 nitrogen and oxygen atoms in total. The van der Waals surface area contributed by atoms with Crippen LogP contribution in [0.5, 0.6) is 0 Å². The van der Waals surface area contributed by atoms with Crippen LogP contribution < -0.4 is 21.3 Å². The van der Waals surface area contributed by atoms with E-state index in [1.807, 2.05) is 0 Å². The second-order valence-corrected chi connectivity index (χ2v) is 12.3. The van der Waals surface area contributed by atoms with Crippen LogP contribution in [0.15, 0.2) is 48.5 Å². The molecule has 1 heterocycles. The fraction of sp³-hybridized carbons (Fsp3) is 0.400. The molecule has 0 spiro atoms. The summed E-state index contributed by atoms with van der Waals surface area (Å²) in [6.07, 6.45) is 8.95. The average Bonchev–Trinajstić information content (AvgIpc) is 3.62. The first kappa shape index (κ1) is 29.4. The quantitative estimate of drug-likeness (QED) is 0.266. The number of anilines is 2. The van der Waals surface area contributed by atoms with Crippen LogP contribution in [-0.2, 0) is 4.79 Å². The monoisotopic (exact) mass is 613 g/mol. The van der Waals surface area contributed by atoms with E-state index in [9.17, 15) is 14.4 Å². The number of amides is 3. The highest BCUT2D eigenvalue weighted by molar-refractivity contribution is 7.09. The van der Waals surface area contributed by atoms with Crippen molar-refractivity contribution in [3.05, 3.63) is 74.7 Å². The first-order chi connectivity index (χ1) is 19.8. The maximum atomic E-state index is 14.3. The van der Waals surface area contributed by atoms with E-state index < -0.39 is 17.9 Å². The molecule has 4 N–H and O–H groups in total. The van der Waals surface area contributed by atoms with Crippen molar-refractivity contribution in [3.63, 3.8) is 0 Å². The largest absolute Gasteiger partial charge is 0.395 e. The molecule has 2 aromatic carbocycles. The summed E-state index contributed by atoms with van der Waals surface area (Å²) >= 11 is 13.2. The number of nitrogens with two attached hydrogens (primary N) is 1. The van der Waals surface area contributed by atoms with Gasteiger partial charge >= 0.3 is 0 Å². The highest BCUT2D eigenvalue weighted by Crippen LogP contribution is 2.35. The van der Waals surface area contributed by atoms with Crippen LogP contribution in [0, 0.1) is 0 Å². The molecule has 1 atom stereocenters. The maximum Gasteiger partial charge on any atom is 0.273 e. The Morgan fingerprint density at radius 2 is 1.37 bits per heavy atom. The Hall–Kier alpha value is -3.14. The smallest absolute Gasteiger partial charge is 0.273 e. The molecule has 3 aromatic rings. The van der Waals surface area contributed by atoms with Crippen LogP contribution in [0.1, 0.15) is 89.6 Å². The molecule has 2 aliphatic carbocycles. The molecule has 1 aromatic heterocycles. The van der Waals surface area contributed by atoms with Gasteiger partial charge in [-0.05, 0) is 79.2 Å². The predicted molar refractivity (Wildman–Crippen MR) is 164 cm³/mol. The molecular weight excluding hydrogens is 581 g/mol. The number of hydrogen-bond acceptors (Lipinski definition) is 6. The molecule has 216 valence electrons. The van der Waals surface area contributed by atoms with Crippen molar-refractivity contribution in [3.8, 4) is 0 Å². The number of nitrogens with zero attached hydrogens (tertiary/aromatic N) is 2. The van der Waals surface area contributed by atoms with Crippen LogP contribution >= 0.6 is 34.7 Å². The van der Waals surface area contributed by atoms with Gasteiger partial charge in [0, 0.05) is 27.8 Å². The van der Waals surface area contributed by atoms with Gasteiger partial charge in [0.1, 0.15) is 10.9 Å². The van der Waals surface area contributed by atoms with Gasteiger partial charge in [0.05, 0.1) is 5.69 Å². The number of carbonyl (C=O) groups excluding carboxylic acids is 3. The minimum absolute atomic E-state index is 0.00155. The molecule has 11 heteroatoms. The van der Waals surface area contributed by atoms with E-state index in [4.69, 9.17) is 28.9 Å². The van der Waals surface area contributed by atoms with Crippen LogP contribution in [0.3, 0.4) is 0 Å². The molecule has 0 aliphatic heterocycles. The molecule has 41 heavy (non-hydrogen) atoms. The van der Waals surface area contributed by atoms with Crippen molar-refractivity contribution < 1.29 is 14.4 Å². The molecule has 0 saturated heterocycles. The lowest BCUT2D eigenvalue weighted by Crippen LogP contribution is -2.46. The van der Waals surface area contributed by atoms with E-state index in [0.29, 0.717) is 21.3 Å². The predicted octanol–water partition coefficient (Wildman–Crippen LogP) is 6.54. The van der Waals surface area contributed by atoms with E-state index in [1.165, 1.54) is 4.90 Å². The fourth-order valence-electron chi connectivity index (χ4n) is 5.62. The van der Waals surface area contributed by atoms with Gasteiger partial charge in [0.25, 0.3) is 11.8 Å². The Morgan fingerprint density at radius 1 is 0.829 bits per heavy atom. The number of nitrogens with one attached hydrogen (secondary N) is 2. The Labute approximate surface area is 253 Å². The van der Waals surface area contributed by atoms with Crippen LogP contribution in [0.4, 0.5) is 11.4 Å². The molecule has 0 bridgehead atoms. The number of rotatable bonds is 8. The van der Waals surface area contributed by atoms with Crippen LogP contribution in [0.2, 0.25) is 10.0 Å². The van der Waals surface area contributed by atoms with Gasteiger partial charge in [-0.1, -0.05) is 67.4 Å². The number of carbonyl (C=O) groups is 3. The number of aromatic nitrogens is 1. The third-order valence-electron chi connectivity index (χ3n) is 7.80. The minimum Gasteiger partial charge on any atom is -0.395 e. The van der Waals surface area contributed by atoms with Crippen molar-refractivity contribution in [1.29, 1.82) is 0 Å². The third kappa shape index (κ3) is 6.85. The highest BCUT2D eigenvalue weighted by Gasteiger charge is 2.37. The second-order valence-electron chi connectivity index (χ2n) is 10.7. The summed E-state index contributed by atoms with van der Waals surface area (Å²) in [4.78, 5) is 42.9. The summed E-state index contributed by atoms with van der Waals surface area (Å²) in [5, 5.41) is 7.15. The van der Waals surface area contributed by atoms with Gasteiger partial charge in [-0.25, -0.2) is 0 Å². The van der Waals surface area contributed by atoms with Crippen LogP contribution in [0.25, 0.3) is 0 Å². The molecule has 2 fully saturated rings. The molecule has 2 saturated carbocycles. The van der Waals surface area contributed by atoms with Gasteiger partial charge in [-0.2, -0.15) is 4.37 Å². The first-order valence-electron chi connectivity index (χ1n) is 14.0. The highest BCUT2D eigenvalue weighted by atomic mass is 35.5. The van der Waals surface area contributed by atoms with Gasteiger partial charge in [-0.15, -0.1) is 0 Å². The number of nitrogen functional groups attached to an aromatic ring is 1. The molecule has 2 aliphatic rings. The second kappa shape index (κ2) is 13.2. The molecule has 1 unspecified atom stereocenters. The number of hydrogen-bond donors (Lipinski definition) is 3. The van der Waals surface area contributed by atoms with Crippen molar-refractivity contribution in [2.75, 3.05) is 10.6 Å². The standard InChI is InChI=1S/C30H33Cl2N5O3S/c31-19-12-10-18(11-13-19)26(29(39)35-22-8-4-5-9-22)37(23-16-14-20(32)15-17-23)30(40)27-24(33)25(36-41-27)28(38)34-21-6-2-1-3-7-21/h10-17,21-22,26H,1-9,33H2,(H,34,38)(H,35,39). The molecule has 3 amide bonds. The molecule has 5 rings (SSSR count). The van der Waals surface area contributed by atoms with E-state index >= 15 is 0 Å². The van der Waals surface area contributed by atoms with Crippen molar-refractivity contribution in [1.82, 2.24) is 15.0 Å². The van der Waals surface area contributed by atoms with Crippen LogP contribution in [-0.4, -0.2) is 34.2 Å². The SMILES string of the molecule is Nc1c(C(=O)NC2CCCCC2)nsc1C(=O)N(c1ccc(Cl)cc1)C(C(=O)NC1CCCC1)c1ccc(Cl)cc1. The Bertz CT molecular complexity index is 1380. The molecular formula is C30H33Cl2N5O3S. The number of halogens is 2. The summed E-state index contributed by atoms with van der Waals surface area (Å²) in [6.45, 7) is 0.